The standard InChI is InChI=1S/C23H29F6N5OS/c1-14(30)10-19(31-13-22(24,25)26)34-12-15(36-18-7-5-4-6-16(18)23(27,28)29)11-17(34)20(35)32-21(8-9-21)33(2)3/h4-7,10,15,17H,8-9,11-13,30H2,1-3H3,(H,32,35)/t15-,17+/m1/s1. The number of amidine groups is 1. The van der Waals surface area contributed by atoms with Crippen LogP contribution in [0.1, 0.15) is 31.7 Å². The third-order valence-corrected chi connectivity index (χ3v) is 7.34. The summed E-state index contributed by atoms with van der Waals surface area (Å²) in [7, 11) is 3.62. The molecule has 13 heteroatoms. The van der Waals surface area contributed by atoms with Crippen LogP contribution in [0.3, 0.4) is 0 Å². The number of nitrogens with two attached hydrogens (primary N) is 1. The number of hydrogen-bond donors (Lipinski definition) is 2. The van der Waals surface area contributed by atoms with Gasteiger partial charge in [0.05, 0.1) is 11.2 Å². The summed E-state index contributed by atoms with van der Waals surface area (Å²) >= 11 is 0.948. The Kier molecular flexibility index (Phi) is 8.23. The monoisotopic (exact) mass is 537 g/mol. The molecule has 0 spiro atoms. The highest BCUT2D eigenvalue weighted by atomic mass is 32.2. The van der Waals surface area contributed by atoms with Crippen LogP contribution in [-0.2, 0) is 11.0 Å². The van der Waals surface area contributed by atoms with Crippen LogP contribution in [0.5, 0.6) is 0 Å². The van der Waals surface area contributed by atoms with Gasteiger partial charge in [0.1, 0.15) is 18.4 Å². The highest BCUT2D eigenvalue weighted by molar-refractivity contribution is 8.00. The van der Waals surface area contributed by atoms with Crippen LogP contribution < -0.4 is 11.1 Å². The second-order valence-corrected chi connectivity index (χ2v) is 10.6. The van der Waals surface area contributed by atoms with Gasteiger partial charge < -0.3 is 16.0 Å². The van der Waals surface area contributed by atoms with Crippen LogP contribution in [0, 0.1) is 0 Å². The van der Waals surface area contributed by atoms with Crippen LogP contribution in [0.25, 0.3) is 0 Å². The number of halogens is 6. The summed E-state index contributed by atoms with van der Waals surface area (Å²) < 4.78 is 79.4. The minimum absolute atomic E-state index is 0.0118. The first-order valence-electron chi connectivity index (χ1n) is 11.3. The van der Waals surface area contributed by atoms with Crippen molar-refractivity contribution in [3.8, 4) is 0 Å². The van der Waals surface area contributed by atoms with Gasteiger partial charge in [-0.1, -0.05) is 12.1 Å². The molecule has 3 rings (SSSR count). The van der Waals surface area contributed by atoms with E-state index in [4.69, 9.17) is 5.73 Å². The van der Waals surface area contributed by atoms with Crippen molar-refractivity contribution in [3.05, 3.63) is 41.6 Å². The molecule has 2 aliphatic rings. The zero-order valence-electron chi connectivity index (χ0n) is 20.1. The first-order valence-corrected chi connectivity index (χ1v) is 12.1. The van der Waals surface area contributed by atoms with Crippen LogP contribution in [0.4, 0.5) is 26.3 Å². The molecule has 0 aromatic heterocycles. The minimum atomic E-state index is -4.58. The molecule has 6 nitrogen and oxygen atoms in total. The van der Waals surface area contributed by atoms with Crippen molar-refractivity contribution in [2.75, 3.05) is 27.2 Å². The predicted molar refractivity (Wildman–Crippen MR) is 126 cm³/mol. The molecule has 1 heterocycles. The number of allylic oxidation sites excluding steroid dienone is 1. The second-order valence-electron chi connectivity index (χ2n) is 9.23. The molecular weight excluding hydrogens is 508 g/mol. The number of carbonyl (C=O) groups is 1. The first-order chi connectivity index (χ1) is 16.6. The number of alkyl halides is 6. The topological polar surface area (TPSA) is 74.0 Å². The summed E-state index contributed by atoms with van der Waals surface area (Å²) in [5.74, 6) is -0.550. The van der Waals surface area contributed by atoms with E-state index in [1.807, 2.05) is 19.0 Å². The zero-order chi connectivity index (χ0) is 26.9. The van der Waals surface area contributed by atoms with Crippen LogP contribution in [0.2, 0.25) is 0 Å². The molecular formula is C23H29F6N5OS. The van der Waals surface area contributed by atoms with E-state index in [1.54, 1.807) is 0 Å². The van der Waals surface area contributed by atoms with Crippen molar-refractivity contribution >= 4 is 23.5 Å². The number of hydrogen-bond acceptors (Lipinski definition) is 5. The van der Waals surface area contributed by atoms with E-state index < -0.39 is 47.3 Å². The maximum atomic E-state index is 13.5. The highest BCUT2D eigenvalue weighted by Gasteiger charge is 2.49. The quantitative estimate of drug-likeness (QED) is 0.236. The van der Waals surface area contributed by atoms with Crippen LogP contribution in [0.15, 0.2) is 45.9 Å². The fourth-order valence-electron chi connectivity index (χ4n) is 4.08. The van der Waals surface area contributed by atoms with Gasteiger partial charge in [-0.05, 0) is 58.5 Å². The number of rotatable bonds is 7. The van der Waals surface area contributed by atoms with Gasteiger partial charge in [-0.3, -0.25) is 14.7 Å². The van der Waals surface area contributed by atoms with Gasteiger partial charge in [0, 0.05) is 22.4 Å². The van der Waals surface area contributed by atoms with Gasteiger partial charge in [-0.15, -0.1) is 11.8 Å². The van der Waals surface area contributed by atoms with Gasteiger partial charge >= 0.3 is 12.4 Å². The van der Waals surface area contributed by atoms with Crippen LogP contribution >= 0.6 is 11.8 Å². The summed E-state index contributed by atoms with van der Waals surface area (Å²) in [4.78, 5) is 20.3. The first kappa shape index (κ1) is 28.2. The van der Waals surface area contributed by atoms with Crippen LogP contribution in [-0.4, -0.2) is 71.9 Å². The number of carbonyl (C=O) groups excluding carboxylic acids is 1. The Hall–Kier alpha value is -2.41. The Balaban J connectivity index is 1.93. The lowest BCUT2D eigenvalue weighted by Gasteiger charge is -2.30. The zero-order valence-corrected chi connectivity index (χ0v) is 20.9. The van der Waals surface area contributed by atoms with E-state index in [9.17, 15) is 31.1 Å². The average Bonchev–Trinajstić information content (AvgIpc) is 3.41. The summed E-state index contributed by atoms with van der Waals surface area (Å²) in [5.41, 5.74) is 4.57. The van der Waals surface area contributed by atoms with E-state index in [0.717, 1.165) is 17.8 Å². The molecule has 1 aromatic rings. The van der Waals surface area contributed by atoms with Gasteiger partial charge in [0.2, 0.25) is 5.91 Å². The number of thioether (sulfide) groups is 1. The summed E-state index contributed by atoms with van der Waals surface area (Å²) in [6, 6.07) is 4.17. The van der Waals surface area contributed by atoms with Gasteiger partial charge in [0.15, 0.2) is 0 Å². The number of benzene rings is 1. The Morgan fingerprint density at radius 1 is 1.25 bits per heavy atom. The molecule has 0 bridgehead atoms. The maximum Gasteiger partial charge on any atom is 0.417 e. The maximum absolute atomic E-state index is 13.5. The van der Waals surface area contributed by atoms with Crippen molar-refractivity contribution in [2.24, 2.45) is 10.7 Å². The Labute approximate surface area is 210 Å². The third-order valence-electron chi connectivity index (χ3n) is 6.06. The lowest BCUT2D eigenvalue weighted by atomic mass is 10.2. The molecule has 1 aromatic carbocycles. The predicted octanol–water partition coefficient (Wildman–Crippen LogP) is 4.23. The van der Waals surface area contributed by atoms with Crippen molar-refractivity contribution < 1.29 is 31.1 Å². The molecule has 36 heavy (non-hydrogen) atoms. The fourth-order valence-corrected chi connectivity index (χ4v) is 5.42. The Morgan fingerprint density at radius 2 is 1.89 bits per heavy atom. The van der Waals surface area contributed by atoms with Gasteiger partial charge in [-0.25, -0.2) is 0 Å². The molecule has 1 aliphatic carbocycles. The number of nitrogens with zero attached hydrogens (tertiary/aromatic N) is 3. The van der Waals surface area contributed by atoms with Gasteiger partial charge in [-0.2, -0.15) is 26.3 Å². The molecule has 1 aliphatic heterocycles. The molecule has 1 saturated heterocycles. The molecule has 3 N–H and O–H groups in total. The number of likely N-dealkylation sites (tertiary alicyclic amines) is 1. The summed E-state index contributed by atoms with van der Waals surface area (Å²) in [5, 5.41) is 2.45. The highest BCUT2D eigenvalue weighted by Crippen LogP contribution is 2.42. The smallest absolute Gasteiger partial charge is 0.402 e. The van der Waals surface area contributed by atoms with E-state index >= 15 is 0 Å². The van der Waals surface area contributed by atoms with Crippen molar-refractivity contribution in [1.29, 1.82) is 0 Å². The molecule has 1 saturated carbocycles. The number of amides is 1. The fraction of sp³-hybridized carbons (Fsp3) is 0.565. The Bertz CT molecular complexity index is 1010. The van der Waals surface area contributed by atoms with E-state index in [0.29, 0.717) is 12.8 Å². The normalized spacial score (nSPS) is 22.8. The molecule has 1 amide bonds. The summed E-state index contributed by atoms with van der Waals surface area (Å²) in [6.07, 6.45) is -6.35. The van der Waals surface area contributed by atoms with E-state index in [2.05, 4.69) is 10.3 Å². The van der Waals surface area contributed by atoms with Crippen molar-refractivity contribution in [3.63, 3.8) is 0 Å². The SMILES string of the molecule is CC(N)=CC(=NCC(F)(F)F)N1C[C@H](Sc2ccccc2C(F)(F)F)C[C@H]1C(=O)NC1(N(C)C)CC1. The number of aliphatic imine (C=N–C) groups is 1. The van der Waals surface area contributed by atoms with Gasteiger partial charge in [0.25, 0.3) is 0 Å². The van der Waals surface area contributed by atoms with E-state index in [-0.39, 0.29) is 29.4 Å². The molecule has 2 atom stereocenters. The van der Waals surface area contributed by atoms with Crippen molar-refractivity contribution in [2.45, 2.75) is 60.4 Å². The lowest BCUT2D eigenvalue weighted by molar-refractivity contribution is -0.139. The average molecular weight is 538 g/mol. The molecule has 0 unspecified atom stereocenters. The third kappa shape index (κ3) is 7.09. The molecule has 2 fully saturated rings. The van der Waals surface area contributed by atoms with Crippen molar-refractivity contribution in [1.82, 2.24) is 15.1 Å². The lowest BCUT2D eigenvalue weighted by Crippen LogP contribution is -2.54. The Morgan fingerprint density at radius 3 is 2.42 bits per heavy atom. The summed E-state index contributed by atoms with van der Waals surface area (Å²) in [6.45, 7) is 0.0169. The molecule has 200 valence electrons. The number of nitrogens with one attached hydrogen (secondary N) is 1. The minimum Gasteiger partial charge on any atom is -0.402 e. The van der Waals surface area contributed by atoms with E-state index in [1.165, 1.54) is 36.1 Å². The molecule has 0 radical (unpaired) electrons. The second kappa shape index (κ2) is 10.5. The largest absolute Gasteiger partial charge is 0.417 e.